The monoisotopic (exact) mass is 278 g/mol. The van der Waals surface area contributed by atoms with Crippen molar-refractivity contribution >= 4 is 5.97 Å². The highest BCUT2D eigenvalue weighted by atomic mass is 16.4. The summed E-state index contributed by atoms with van der Waals surface area (Å²) < 4.78 is 0. The number of aliphatic carboxylic acids is 1. The molecule has 1 heterocycles. The summed E-state index contributed by atoms with van der Waals surface area (Å²) in [7, 11) is 0. The molecule has 5 nitrogen and oxygen atoms in total. The van der Waals surface area contributed by atoms with E-state index in [0.29, 0.717) is 17.2 Å². The topological polar surface area (TPSA) is 83.0 Å². The lowest BCUT2D eigenvalue weighted by Gasteiger charge is -2.25. The highest BCUT2D eigenvalue weighted by molar-refractivity contribution is 5.67. The van der Waals surface area contributed by atoms with Crippen LogP contribution in [0, 0.1) is 12.8 Å². The number of hydrogen-bond acceptors (Lipinski definition) is 3. The van der Waals surface area contributed by atoms with Gasteiger partial charge >= 0.3 is 5.97 Å². The molecule has 1 aliphatic rings. The summed E-state index contributed by atoms with van der Waals surface area (Å²) in [5.41, 5.74) is 0.997. The van der Waals surface area contributed by atoms with E-state index in [1.165, 1.54) is 12.8 Å². The molecule has 0 bridgehead atoms. The zero-order chi connectivity index (χ0) is 14.7. The molecule has 20 heavy (non-hydrogen) atoms. The van der Waals surface area contributed by atoms with Gasteiger partial charge in [0.1, 0.15) is 5.82 Å². The molecular weight excluding hydrogens is 256 g/mol. The number of carboxylic acids is 1. The Kier molecular flexibility index (Phi) is 4.57. The average Bonchev–Trinajstić information content (AvgIpc) is 2.38. The van der Waals surface area contributed by atoms with Crippen LogP contribution in [0.2, 0.25) is 0 Å². The van der Waals surface area contributed by atoms with E-state index in [2.05, 4.69) is 16.9 Å². The van der Waals surface area contributed by atoms with Gasteiger partial charge in [-0.2, -0.15) is 0 Å². The summed E-state index contributed by atoms with van der Waals surface area (Å²) >= 11 is 0. The number of carbonyl (C=O) groups is 1. The number of aromatic amines is 1. The molecule has 2 rings (SSSR count). The van der Waals surface area contributed by atoms with Crippen molar-refractivity contribution in [3.8, 4) is 0 Å². The van der Waals surface area contributed by atoms with E-state index in [1.807, 2.05) is 0 Å². The lowest BCUT2D eigenvalue weighted by molar-refractivity contribution is -0.136. The molecule has 0 amide bonds. The van der Waals surface area contributed by atoms with Crippen LogP contribution < -0.4 is 5.56 Å². The van der Waals surface area contributed by atoms with Crippen LogP contribution in [0.4, 0.5) is 0 Å². The number of carboxylic acid groups (broad SMARTS) is 1. The summed E-state index contributed by atoms with van der Waals surface area (Å²) in [6.45, 7) is 4.05. The quantitative estimate of drug-likeness (QED) is 0.885. The van der Waals surface area contributed by atoms with Crippen LogP contribution in [-0.4, -0.2) is 21.0 Å². The first kappa shape index (κ1) is 14.8. The van der Waals surface area contributed by atoms with Crippen molar-refractivity contribution in [2.45, 2.75) is 58.3 Å². The van der Waals surface area contributed by atoms with Crippen molar-refractivity contribution < 1.29 is 9.90 Å². The largest absolute Gasteiger partial charge is 0.481 e. The van der Waals surface area contributed by atoms with Crippen LogP contribution >= 0.6 is 0 Å². The van der Waals surface area contributed by atoms with E-state index < -0.39 is 5.97 Å². The number of nitrogens with zero attached hydrogens (tertiary/aromatic N) is 1. The highest BCUT2D eigenvalue weighted by Crippen LogP contribution is 2.33. The van der Waals surface area contributed by atoms with Gasteiger partial charge in [-0.25, -0.2) is 4.98 Å². The molecule has 0 radical (unpaired) electrons. The molecule has 0 saturated heterocycles. The van der Waals surface area contributed by atoms with Gasteiger partial charge in [0.15, 0.2) is 0 Å². The Balaban J connectivity index is 2.17. The predicted molar refractivity (Wildman–Crippen MR) is 75.9 cm³/mol. The van der Waals surface area contributed by atoms with Gasteiger partial charge in [-0.1, -0.05) is 19.8 Å². The van der Waals surface area contributed by atoms with Crippen molar-refractivity contribution in [3.05, 3.63) is 27.4 Å². The van der Waals surface area contributed by atoms with Crippen molar-refractivity contribution in [1.82, 2.24) is 9.97 Å². The van der Waals surface area contributed by atoms with E-state index in [0.717, 1.165) is 24.6 Å². The van der Waals surface area contributed by atoms with E-state index in [4.69, 9.17) is 5.11 Å². The Bertz CT molecular complexity index is 543. The first-order chi connectivity index (χ1) is 9.47. The minimum Gasteiger partial charge on any atom is -0.481 e. The van der Waals surface area contributed by atoms with E-state index in [-0.39, 0.29) is 18.4 Å². The summed E-state index contributed by atoms with van der Waals surface area (Å²) in [5, 5.41) is 8.71. The molecule has 1 fully saturated rings. The molecule has 1 aromatic heterocycles. The number of hydrogen-bond donors (Lipinski definition) is 2. The maximum atomic E-state index is 12.1. The Morgan fingerprint density at radius 1 is 1.35 bits per heavy atom. The van der Waals surface area contributed by atoms with Crippen LogP contribution in [0.5, 0.6) is 0 Å². The van der Waals surface area contributed by atoms with Crippen LogP contribution in [0.25, 0.3) is 0 Å². The fourth-order valence-electron chi connectivity index (χ4n) is 2.89. The second-order valence-electron chi connectivity index (χ2n) is 5.87. The van der Waals surface area contributed by atoms with Crippen LogP contribution in [0.3, 0.4) is 0 Å². The minimum absolute atomic E-state index is 0.0358. The van der Waals surface area contributed by atoms with Crippen LogP contribution in [-0.2, 0) is 11.2 Å². The second-order valence-corrected chi connectivity index (χ2v) is 5.87. The Morgan fingerprint density at radius 3 is 2.55 bits per heavy atom. The molecule has 0 unspecified atom stereocenters. The summed E-state index contributed by atoms with van der Waals surface area (Å²) in [6, 6.07) is 0. The lowest BCUT2D eigenvalue weighted by atomic mass is 9.82. The van der Waals surface area contributed by atoms with Gasteiger partial charge in [-0.15, -0.1) is 0 Å². The van der Waals surface area contributed by atoms with Gasteiger partial charge in [0.2, 0.25) is 0 Å². The van der Waals surface area contributed by atoms with Crippen molar-refractivity contribution in [2.75, 3.05) is 0 Å². The molecule has 1 aliphatic carbocycles. The molecular formula is C15H22N2O3. The zero-order valence-corrected chi connectivity index (χ0v) is 12.1. The maximum absolute atomic E-state index is 12.1. The third-order valence-corrected chi connectivity index (χ3v) is 4.23. The van der Waals surface area contributed by atoms with Crippen molar-refractivity contribution in [1.29, 1.82) is 0 Å². The van der Waals surface area contributed by atoms with E-state index in [1.54, 1.807) is 6.92 Å². The minimum atomic E-state index is -0.894. The Labute approximate surface area is 118 Å². The zero-order valence-electron chi connectivity index (χ0n) is 12.1. The molecule has 0 aliphatic heterocycles. The first-order valence-corrected chi connectivity index (χ1v) is 7.29. The number of rotatable bonds is 4. The molecule has 2 N–H and O–H groups in total. The smallest absolute Gasteiger partial charge is 0.303 e. The average molecular weight is 278 g/mol. The van der Waals surface area contributed by atoms with Crippen LogP contribution in [0.1, 0.15) is 62.0 Å². The second kappa shape index (κ2) is 6.20. The SMILES string of the molecule is Cc1nc(C2CCC(C)CC2)[nH]c(=O)c1CCC(=O)O. The highest BCUT2D eigenvalue weighted by Gasteiger charge is 2.22. The number of H-pyrrole nitrogens is 1. The molecule has 1 aromatic rings. The number of aromatic nitrogens is 2. The fourth-order valence-corrected chi connectivity index (χ4v) is 2.89. The van der Waals surface area contributed by atoms with Crippen molar-refractivity contribution in [3.63, 3.8) is 0 Å². The summed E-state index contributed by atoms with van der Waals surface area (Å²) in [4.78, 5) is 30.1. The first-order valence-electron chi connectivity index (χ1n) is 7.29. The molecule has 0 atom stereocenters. The molecule has 1 saturated carbocycles. The van der Waals surface area contributed by atoms with Crippen molar-refractivity contribution in [2.24, 2.45) is 5.92 Å². The lowest BCUT2D eigenvalue weighted by Crippen LogP contribution is -2.23. The van der Waals surface area contributed by atoms with E-state index in [9.17, 15) is 9.59 Å². The van der Waals surface area contributed by atoms with Gasteiger partial charge in [0.25, 0.3) is 5.56 Å². The predicted octanol–water partition coefficient (Wildman–Crippen LogP) is 2.39. The fraction of sp³-hybridized carbons (Fsp3) is 0.667. The van der Waals surface area contributed by atoms with Gasteiger partial charge in [0.05, 0.1) is 0 Å². The van der Waals surface area contributed by atoms with Gasteiger partial charge in [-0.05, 0) is 32.1 Å². The van der Waals surface area contributed by atoms with Gasteiger partial charge in [-0.3, -0.25) is 9.59 Å². The Hall–Kier alpha value is -1.65. The third kappa shape index (κ3) is 3.46. The molecule has 0 spiro atoms. The molecule has 0 aromatic carbocycles. The standard InChI is InChI=1S/C15H22N2O3/c1-9-3-5-11(6-4-9)14-16-10(2)12(15(20)17-14)7-8-13(18)19/h9,11H,3-8H2,1-2H3,(H,18,19)(H,16,17,20). The number of nitrogens with one attached hydrogen (secondary N) is 1. The van der Waals surface area contributed by atoms with Gasteiger partial charge < -0.3 is 10.1 Å². The normalized spacial score (nSPS) is 22.7. The van der Waals surface area contributed by atoms with Gasteiger partial charge in [0, 0.05) is 23.6 Å². The summed E-state index contributed by atoms with van der Waals surface area (Å²) in [6.07, 6.45) is 4.69. The number of aryl methyl sites for hydroxylation is 1. The molecule has 5 heteroatoms. The van der Waals surface area contributed by atoms with E-state index >= 15 is 0 Å². The maximum Gasteiger partial charge on any atom is 0.303 e. The van der Waals surface area contributed by atoms with Crippen LogP contribution in [0.15, 0.2) is 4.79 Å². The molecule has 110 valence electrons. The summed E-state index contributed by atoms with van der Waals surface area (Å²) in [5.74, 6) is 0.979. The third-order valence-electron chi connectivity index (χ3n) is 4.23. The Morgan fingerprint density at radius 2 is 2.00 bits per heavy atom.